The van der Waals surface area contributed by atoms with Crippen molar-refractivity contribution in [2.75, 3.05) is 0 Å². The molecule has 1 unspecified atom stereocenters. The van der Waals surface area contributed by atoms with Crippen LogP contribution in [0.5, 0.6) is 0 Å². The van der Waals surface area contributed by atoms with Crippen molar-refractivity contribution in [2.45, 2.75) is 12.5 Å². The third-order valence-electron chi connectivity index (χ3n) is 1.69. The molecule has 14 heavy (non-hydrogen) atoms. The highest BCUT2D eigenvalue weighted by atomic mass is 35.5. The minimum absolute atomic E-state index is 0. The van der Waals surface area contributed by atoms with Gasteiger partial charge in [-0.25, -0.2) is 4.39 Å². The van der Waals surface area contributed by atoms with Crippen molar-refractivity contribution in [3.63, 3.8) is 0 Å². The fourth-order valence-electron chi connectivity index (χ4n) is 0.962. The fraction of sp³-hybridized carbons (Fsp3) is 0.222. The van der Waals surface area contributed by atoms with Gasteiger partial charge in [0.25, 0.3) is 0 Å². The van der Waals surface area contributed by atoms with Crippen LogP contribution in [0.2, 0.25) is 0 Å². The first-order valence-electron chi connectivity index (χ1n) is 3.82. The van der Waals surface area contributed by atoms with Crippen molar-refractivity contribution in [3.05, 3.63) is 35.6 Å². The Morgan fingerprint density at radius 2 is 1.93 bits per heavy atom. The molecule has 1 aromatic carbocycles. The maximum Gasteiger partial charge on any atom is 0.320 e. The first kappa shape index (κ1) is 12.9. The summed E-state index contributed by atoms with van der Waals surface area (Å²) in [7, 11) is 0. The van der Waals surface area contributed by atoms with E-state index in [9.17, 15) is 9.18 Å². The van der Waals surface area contributed by atoms with E-state index >= 15 is 0 Å². The number of carboxylic acid groups (broad SMARTS) is 1. The van der Waals surface area contributed by atoms with Crippen LogP contribution >= 0.6 is 12.4 Å². The molecule has 0 aliphatic heterocycles. The number of halogens is 2. The summed E-state index contributed by atoms with van der Waals surface area (Å²) < 4.78 is 12.4. The van der Waals surface area contributed by atoms with E-state index in [1.807, 2.05) is 0 Å². The van der Waals surface area contributed by atoms with Crippen LogP contribution in [0.15, 0.2) is 24.3 Å². The Bertz CT molecular complexity index is 302. The molecule has 0 fully saturated rings. The average molecular weight is 220 g/mol. The number of carboxylic acids is 1. The molecule has 0 bridgehead atoms. The largest absolute Gasteiger partial charge is 0.480 e. The van der Waals surface area contributed by atoms with Crippen LogP contribution in [-0.2, 0) is 11.2 Å². The van der Waals surface area contributed by atoms with E-state index in [0.29, 0.717) is 0 Å². The Balaban J connectivity index is 0.00000169. The third kappa shape index (κ3) is 3.72. The van der Waals surface area contributed by atoms with Crippen molar-refractivity contribution in [1.82, 2.24) is 0 Å². The van der Waals surface area contributed by atoms with E-state index in [1.54, 1.807) is 0 Å². The van der Waals surface area contributed by atoms with Gasteiger partial charge in [0.2, 0.25) is 0 Å². The summed E-state index contributed by atoms with van der Waals surface area (Å²) in [5.41, 5.74) is 6.01. The van der Waals surface area contributed by atoms with Gasteiger partial charge in [-0.15, -0.1) is 12.4 Å². The number of nitrogens with two attached hydrogens (primary N) is 1. The zero-order valence-corrected chi connectivity index (χ0v) is 8.13. The van der Waals surface area contributed by atoms with Gasteiger partial charge in [-0.1, -0.05) is 12.1 Å². The van der Waals surface area contributed by atoms with Gasteiger partial charge < -0.3 is 10.8 Å². The van der Waals surface area contributed by atoms with Crippen LogP contribution in [0, 0.1) is 5.82 Å². The highest BCUT2D eigenvalue weighted by molar-refractivity contribution is 5.85. The molecule has 0 saturated carbocycles. The van der Waals surface area contributed by atoms with Crippen LogP contribution in [0.3, 0.4) is 0 Å². The summed E-state index contributed by atoms with van der Waals surface area (Å²) in [5.74, 6) is -1.39. The van der Waals surface area contributed by atoms with E-state index in [2.05, 4.69) is 0 Å². The number of hydrogen-bond acceptors (Lipinski definition) is 2. The summed E-state index contributed by atoms with van der Waals surface area (Å²) in [4.78, 5) is 10.4. The Kier molecular flexibility index (Phi) is 5.12. The molecule has 0 amide bonds. The molecular formula is C9H11ClFNO2. The van der Waals surface area contributed by atoms with E-state index in [4.69, 9.17) is 10.8 Å². The minimum atomic E-state index is -1.05. The van der Waals surface area contributed by atoms with Crippen LogP contribution in [-0.4, -0.2) is 17.1 Å². The van der Waals surface area contributed by atoms with Crippen molar-refractivity contribution < 1.29 is 14.3 Å². The normalized spacial score (nSPS) is 11.6. The molecule has 1 aromatic rings. The van der Waals surface area contributed by atoms with E-state index in [0.717, 1.165) is 5.56 Å². The zero-order valence-electron chi connectivity index (χ0n) is 7.31. The highest BCUT2D eigenvalue weighted by Gasteiger charge is 2.11. The molecule has 1 rings (SSSR count). The summed E-state index contributed by atoms with van der Waals surface area (Å²) in [6.45, 7) is 0. The zero-order chi connectivity index (χ0) is 9.84. The molecule has 0 aliphatic rings. The lowest BCUT2D eigenvalue weighted by Gasteiger charge is -2.05. The summed E-state index contributed by atoms with van der Waals surface area (Å²) in [6, 6.07) is 4.69. The van der Waals surface area contributed by atoms with Crippen molar-refractivity contribution in [3.8, 4) is 0 Å². The van der Waals surface area contributed by atoms with Gasteiger partial charge >= 0.3 is 5.97 Å². The summed E-state index contributed by atoms with van der Waals surface area (Å²) in [5, 5.41) is 8.50. The second-order valence-electron chi connectivity index (χ2n) is 2.78. The number of hydrogen-bond donors (Lipinski definition) is 2. The third-order valence-corrected chi connectivity index (χ3v) is 1.69. The number of aliphatic carboxylic acids is 1. The van der Waals surface area contributed by atoms with Crippen LogP contribution in [0.4, 0.5) is 4.39 Å². The average Bonchev–Trinajstić information content (AvgIpc) is 2.08. The van der Waals surface area contributed by atoms with Gasteiger partial charge in [-0.3, -0.25) is 4.79 Å². The van der Waals surface area contributed by atoms with E-state index < -0.39 is 12.0 Å². The lowest BCUT2D eigenvalue weighted by molar-refractivity contribution is -0.138. The molecule has 0 saturated heterocycles. The Hall–Kier alpha value is -1.13. The van der Waals surface area contributed by atoms with Crippen LogP contribution in [0.25, 0.3) is 0 Å². The first-order chi connectivity index (χ1) is 6.09. The molecule has 78 valence electrons. The van der Waals surface area contributed by atoms with Gasteiger partial charge in [0.05, 0.1) is 0 Å². The predicted octanol–water partition coefficient (Wildman–Crippen LogP) is 1.20. The molecule has 0 heterocycles. The van der Waals surface area contributed by atoms with Gasteiger partial charge in [0.1, 0.15) is 11.9 Å². The maximum atomic E-state index is 12.4. The summed E-state index contributed by atoms with van der Waals surface area (Å²) in [6.07, 6.45) is 0.218. The topological polar surface area (TPSA) is 63.3 Å². The maximum absolute atomic E-state index is 12.4. The van der Waals surface area contributed by atoms with Gasteiger partial charge in [-0.2, -0.15) is 0 Å². The van der Waals surface area contributed by atoms with Crippen LogP contribution < -0.4 is 5.73 Å². The Morgan fingerprint density at radius 3 is 2.36 bits per heavy atom. The smallest absolute Gasteiger partial charge is 0.320 e. The second kappa shape index (κ2) is 5.57. The van der Waals surface area contributed by atoms with Crippen molar-refractivity contribution in [1.29, 1.82) is 0 Å². The van der Waals surface area contributed by atoms with E-state index in [-0.39, 0.29) is 24.6 Å². The Morgan fingerprint density at radius 1 is 1.43 bits per heavy atom. The standard InChI is InChI=1S/C9H10FNO2.ClH/c10-7-3-1-6(2-4-7)5-8(11)9(12)13;/h1-4,8H,5,11H2,(H,12,13);1H. The molecule has 0 aliphatic carbocycles. The molecule has 0 radical (unpaired) electrons. The van der Waals surface area contributed by atoms with Crippen LogP contribution in [0.1, 0.15) is 5.56 Å². The highest BCUT2D eigenvalue weighted by Crippen LogP contribution is 2.04. The fourth-order valence-corrected chi connectivity index (χ4v) is 0.962. The van der Waals surface area contributed by atoms with Crippen molar-refractivity contribution in [2.24, 2.45) is 5.73 Å². The van der Waals surface area contributed by atoms with Crippen molar-refractivity contribution >= 4 is 18.4 Å². The quantitative estimate of drug-likeness (QED) is 0.803. The molecule has 3 N–H and O–H groups in total. The Labute approximate surface area is 87.1 Å². The number of benzene rings is 1. The lowest BCUT2D eigenvalue weighted by Crippen LogP contribution is -2.32. The molecule has 0 spiro atoms. The van der Waals surface area contributed by atoms with Gasteiger partial charge in [-0.05, 0) is 24.1 Å². The summed E-state index contributed by atoms with van der Waals surface area (Å²) >= 11 is 0. The predicted molar refractivity (Wildman–Crippen MR) is 53.0 cm³/mol. The molecule has 3 nitrogen and oxygen atoms in total. The number of rotatable bonds is 3. The number of carbonyl (C=O) groups is 1. The first-order valence-corrected chi connectivity index (χ1v) is 3.82. The minimum Gasteiger partial charge on any atom is -0.480 e. The second-order valence-corrected chi connectivity index (χ2v) is 2.78. The molecule has 0 aromatic heterocycles. The van der Waals surface area contributed by atoms with Gasteiger partial charge in [0.15, 0.2) is 0 Å². The molecule has 5 heteroatoms. The molecule has 1 atom stereocenters. The van der Waals surface area contributed by atoms with Gasteiger partial charge in [0, 0.05) is 0 Å². The molecular weight excluding hydrogens is 209 g/mol. The monoisotopic (exact) mass is 219 g/mol. The lowest BCUT2D eigenvalue weighted by atomic mass is 10.1. The van der Waals surface area contributed by atoms with E-state index in [1.165, 1.54) is 24.3 Å². The SMILES string of the molecule is Cl.NC(Cc1ccc(F)cc1)C(=O)O.